The summed E-state index contributed by atoms with van der Waals surface area (Å²) < 4.78 is 0. The lowest BCUT2D eigenvalue weighted by Crippen LogP contribution is -2.54. The standard InChI is InChI=1S/C20H22ClN3O2/c21-17-8-6-16(7-9-17)19(25)23-18(14-15-4-2-1-3-5-15)20(26)24-12-10-22-11-13-24/h1-9,18,22H,10-14H2,(H,23,25). The number of carbonyl (C=O) groups excluding carboxylic acids is 2. The fraction of sp³-hybridized carbons (Fsp3) is 0.300. The third-order valence-corrected chi connectivity index (χ3v) is 4.67. The highest BCUT2D eigenvalue weighted by Gasteiger charge is 2.27. The first-order chi connectivity index (χ1) is 12.6. The summed E-state index contributed by atoms with van der Waals surface area (Å²) in [4.78, 5) is 27.4. The van der Waals surface area contributed by atoms with Crippen molar-refractivity contribution in [3.8, 4) is 0 Å². The number of halogens is 1. The molecule has 2 N–H and O–H groups in total. The molecule has 6 heteroatoms. The van der Waals surface area contributed by atoms with Gasteiger partial charge >= 0.3 is 0 Å². The quantitative estimate of drug-likeness (QED) is 0.846. The van der Waals surface area contributed by atoms with Crippen LogP contribution in [0.25, 0.3) is 0 Å². The Morgan fingerprint density at radius 1 is 1.04 bits per heavy atom. The van der Waals surface area contributed by atoms with Crippen molar-refractivity contribution < 1.29 is 9.59 Å². The van der Waals surface area contributed by atoms with Crippen LogP contribution in [-0.2, 0) is 11.2 Å². The molecule has 136 valence electrons. The van der Waals surface area contributed by atoms with Crippen molar-refractivity contribution in [2.45, 2.75) is 12.5 Å². The van der Waals surface area contributed by atoms with Gasteiger partial charge in [-0.1, -0.05) is 41.9 Å². The lowest BCUT2D eigenvalue weighted by atomic mass is 10.0. The van der Waals surface area contributed by atoms with Crippen LogP contribution in [0.5, 0.6) is 0 Å². The summed E-state index contributed by atoms with van der Waals surface area (Å²) in [5.74, 6) is -0.316. The summed E-state index contributed by atoms with van der Waals surface area (Å²) in [7, 11) is 0. The Hall–Kier alpha value is -2.37. The molecular formula is C20H22ClN3O2. The Labute approximate surface area is 158 Å². The molecule has 2 aromatic rings. The van der Waals surface area contributed by atoms with Crippen molar-refractivity contribution in [2.75, 3.05) is 26.2 Å². The largest absolute Gasteiger partial charge is 0.340 e. The number of rotatable bonds is 5. The van der Waals surface area contributed by atoms with E-state index in [0.29, 0.717) is 30.1 Å². The van der Waals surface area contributed by atoms with E-state index in [2.05, 4.69) is 10.6 Å². The molecule has 1 saturated heterocycles. The Balaban J connectivity index is 1.76. The van der Waals surface area contributed by atoms with Crippen LogP contribution >= 0.6 is 11.6 Å². The van der Waals surface area contributed by atoms with E-state index in [1.165, 1.54) is 0 Å². The number of hydrogen-bond donors (Lipinski definition) is 2. The lowest BCUT2D eigenvalue weighted by Gasteiger charge is -2.31. The van der Waals surface area contributed by atoms with E-state index in [1.807, 2.05) is 35.2 Å². The van der Waals surface area contributed by atoms with Crippen LogP contribution in [0, 0.1) is 0 Å². The van der Waals surface area contributed by atoms with Gasteiger partial charge in [0.05, 0.1) is 0 Å². The molecular weight excluding hydrogens is 350 g/mol. The minimum Gasteiger partial charge on any atom is -0.340 e. The van der Waals surface area contributed by atoms with Crippen LogP contribution < -0.4 is 10.6 Å². The van der Waals surface area contributed by atoms with E-state index in [9.17, 15) is 9.59 Å². The van der Waals surface area contributed by atoms with Gasteiger partial charge in [-0.25, -0.2) is 0 Å². The third kappa shape index (κ3) is 4.84. The molecule has 26 heavy (non-hydrogen) atoms. The average Bonchev–Trinajstić information content (AvgIpc) is 2.69. The van der Waals surface area contributed by atoms with Gasteiger partial charge in [-0.2, -0.15) is 0 Å². The van der Waals surface area contributed by atoms with E-state index in [0.717, 1.165) is 18.7 Å². The van der Waals surface area contributed by atoms with Gasteiger partial charge in [0.2, 0.25) is 5.91 Å². The normalized spacial score (nSPS) is 15.3. The van der Waals surface area contributed by atoms with E-state index in [-0.39, 0.29) is 11.8 Å². The lowest BCUT2D eigenvalue weighted by molar-refractivity contribution is -0.133. The molecule has 1 atom stereocenters. The second-order valence-electron chi connectivity index (χ2n) is 6.30. The molecule has 0 aliphatic carbocycles. The van der Waals surface area contributed by atoms with Gasteiger partial charge in [0.15, 0.2) is 0 Å². The number of hydrogen-bond acceptors (Lipinski definition) is 3. The van der Waals surface area contributed by atoms with Gasteiger partial charge in [-0.05, 0) is 29.8 Å². The molecule has 0 spiro atoms. The first-order valence-electron chi connectivity index (χ1n) is 8.73. The Morgan fingerprint density at radius 2 is 1.69 bits per heavy atom. The maximum Gasteiger partial charge on any atom is 0.251 e. The predicted molar refractivity (Wildman–Crippen MR) is 102 cm³/mol. The summed E-state index contributed by atoms with van der Waals surface area (Å²) in [5, 5.41) is 6.71. The molecule has 5 nitrogen and oxygen atoms in total. The van der Waals surface area contributed by atoms with Crippen molar-refractivity contribution in [1.82, 2.24) is 15.5 Å². The molecule has 2 aromatic carbocycles. The van der Waals surface area contributed by atoms with Gasteiger partial charge in [-0.3, -0.25) is 9.59 Å². The van der Waals surface area contributed by atoms with Crippen molar-refractivity contribution >= 4 is 23.4 Å². The minimum absolute atomic E-state index is 0.0438. The minimum atomic E-state index is -0.598. The SMILES string of the molecule is O=C(NC(Cc1ccccc1)C(=O)N1CCNCC1)c1ccc(Cl)cc1. The maximum absolute atomic E-state index is 13.0. The second kappa shape index (κ2) is 8.83. The van der Waals surface area contributed by atoms with Gasteiger partial charge in [0, 0.05) is 43.2 Å². The summed E-state index contributed by atoms with van der Waals surface area (Å²) in [6, 6.07) is 15.8. The molecule has 0 radical (unpaired) electrons. The smallest absolute Gasteiger partial charge is 0.251 e. The van der Waals surface area contributed by atoms with Crippen molar-refractivity contribution in [3.63, 3.8) is 0 Å². The van der Waals surface area contributed by atoms with E-state index < -0.39 is 6.04 Å². The number of amides is 2. The van der Waals surface area contributed by atoms with E-state index >= 15 is 0 Å². The number of nitrogens with one attached hydrogen (secondary N) is 2. The Morgan fingerprint density at radius 3 is 2.35 bits per heavy atom. The van der Waals surface area contributed by atoms with Crippen LogP contribution in [0.1, 0.15) is 15.9 Å². The highest BCUT2D eigenvalue weighted by atomic mass is 35.5. The van der Waals surface area contributed by atoms with E-state index in [4.69, 9.17) is 11.6 Å². The van der Waals surface area contributed by atoms with E-state index in [1.54, 1.807) is 24.3 Å². The van der Waals surface area contributed by atoms with Gasteiger partial charge in [0.1, 0.15) is 6.04 Å². The zero-order valence-electron chi connectivity index (χ0n) is 14.5. The highest BCUT2D eigenvalue weighted by molar-refractivity contribution is 6.30. The molecule has 0 aromatic heterocycles. The van der Waals surface area contributed by atoms with Crippen LogP contribution in [0.15, 0.2) is 54.6 Å². The number of nitrogens with zero attached hydrogens (tertiary/aromatic N) is 1. The average molecular weight is 372 g/mol. The van der Waals surface area contributed by atoms with Gasteiger partial charge < -0.3 is 15.5 Å². The first-order valence-corrected chi connectivity index (χ1v) is 9.11. The summed E-state index contributed by atoms with van der Waals surface area (Å²) in [5.41, 5.74) is 1.50. The first kappa shape index (κ1) is 18.4. The molecule has 0 bridgehead atoms. The monoisotopic (exact) mass is 371 g/mol. The molecule has 3 rings (SSSR count). The number of carbonyl (C=O) groups is 2. The predicted octanol–water partition coefficient (Wildman–Crippen LogP) is 2.11. The third-order valence-electron chi connectivity index (χ3n) is 4.42. The maximum atomic E-state index is 13.0. The summed E-state index contributed by atoms with van der Waals surface area (Å²) >= 11 is 5.88. The molecule has 1 aliphatic heterocycles. The summed E-state index contributed by atoms with van der Waals surface area (Å²) in [6.07, 6.45) is 0.461. The van der Waals surface area contributed by atoms with Crippen LogP contribution in [0.4, 0.5) is 0 Å². The van der Waals surface area contributed by atoms with Crippen molar-refractivity contribution in [1.29, 1.82) is 0 Å². The number of piperazine rings is 1. The molecule has 1 heterocycles. The van der Waals surface area contributed by atoms with Crippen molar-refractivity contribution in [3.05, 3.63) is 70.7 Å². The highest BCUT2D eigenvalue weighted by Crippen LogP contribution is 2.11. The Bertz CT molecular complexity index is 743. The molecule has 1 fully saturated rings. The van der Waals surface area contributed by atoms with Gasteiger partial charge in [0.25, 0.3) is 5.91 Å². The zero-order valence-corrected chi connectivity index (χ0v) is 15.2. The number of benzene rings is 2. The van der Waals surface area contributed by atoms with Crippen LogP contribution in [0.3, 0.4) is 0 Å². The van der Waals surface area contributed by atoms with Crippen LogP contribution in [-0.4, -0.2) is 48.9 Å². The molecule has 0 saturated carbocycles. The molecule has 1 aliphatic rings. The topological polar surface area (TPSA) is 61.4 Å². The van der Waals surface area contributed by atoms with Crippen molar-refractivity contribution in [2.24, 2.45) is 0 Å². The fourth-order valence-corrected chi connectivity index (χ4v) is 3.12. The molecule has 1 unspecified atom stereocenters. The van der Waals surface area contributed by atoms with Gasteiger partial charge in [-0.15, -0.1) is 0 Å². The Kier molecular flexibility index (Phi) is 6.26. The second-order valence-corrected chi connectivity index (χ2v) is 6.73. The fourth-order valence-electron chi connectivity index (χ4n) is 3.00. The zero-order chi connectivity index (χ0) is 18.4. The summed E-state index contributed by atoms with van der Waals surface area (Å²) in [6.45, 7) is 2.85. The molecule has 2 amide bonds. The van der Waals surface area contributed by atoms with Crippen LogP contribution in [0.2, 0.25) is 5.02 Å².